The minimum absolute atomic E-state index is 0.0808. The van der Waals surface area contributed by atoms with Crippen LogP contribution >= 0.6 is 0 Å². The first-order valence-electron chi connectivity index (χ1n) is 5.35. The van der Waals surface area contributed by atoms with Gasteiger partial charge in [-0.2, -0.15) is 0 Å². The smallest absolute Gasteiger partial charge is 0.410 e. The summed E-state index contributed by atoms with van der Waals surface area (Å²) in [6.07, 6.45) is 0.772. The highest BCUT2D eigenvalue weighted by atomic mass is 16.6. The van der Waals surface area contributed by atoms with Crippen molar-refractivity contribution in [2.75, 3.05) is 13.7 Å². The van der Waals surface area contributed by atoms with Gasteiger partial charge in [0.15, 0.2) is 0 Å². The third-order valence-corrected chi connectivity index (χ3v) is 2.42. The summed E-state index contributed by atoms with van der Waals surface area (Å²) in [5.74, 6) is 0. The van der Waals surface area contributed by atoms with Gasteiger partial charge in [0.2, 0.25) is 0 Å². The minimum atomic E-state index is -0.546. The molecule has 0 spiro atoms. The Morgan fingerprint density at radius 2 is 2.06 bits per heavy atom. The van der Waals surface area contributed by atoms with Crippen LogP contribution in [0.4, 0.5) is 4.79 Å². The summed E-state index contributed by atoms with van der Waals surface area (Å²) in [7, 11) is 1.57. The van der Waals surface area contributed by atoms with Gasteiger partial charge >= 0.3 is 6.09 Å². The second-order valence-electron chi connectivity index (χ2n) is 4.93. The van der Waals surface area contributed by atoms with E-state index in [-0.39, 0.29) is 6.10 Å². The summed E-state index contributed by atoms with van der Waals surface area (Å²) >= 11 is 0. The molecule has 0 aromatic carbocycles. The molecule has 5 heteroatoms. The number of amides is 1. The van der Waals surface area contributed by atoms with E-state index in [1.54, 1.807) is 27.9 Å². The van der Waals surface area contributed by atoms with Gasteiger partial charge in [-0.3, -0.25) is 4.90 Å². The summed E-state index contributed by atoms with van der Waals surface area (Å²) in [5.41, 5.74) is -0.546. The van der Waals surface area contributed by atoms with Crippen LogP contribution in [0.3, 0.4) is 0 Å². The van der Waals surface area contributed by atoms with Gasteiger partial charge in [-0.15, -0.1) is 0 Å². The van der Waals surface area contributed by atoms with Crippen LogP contribution in [0.1, 0.15) is 27.2 Å². The van der Waals surface area contributed by atoms with E-state index in [2.05, 4.69) is 0 Å². The molecule has 0 radical (unpaired) electrons. The van der Waals surface area contributed by atoms with Gasteiger partial charge < -0.3 is 14.3 Å². The Labute approximate surface area is 95.7 Å². The van der Waals surface area contributed by atoms with Crippen LogP contribution in [0.15, 0.2) is 0 Å². The number of carbonyl (C=O) groups is 2. The Bertz CT molecular complexity index is 272. The zero-order chi connectivity index (χ0) is 12.3. The molecule has 0 bridgehead atoms. The molecule has 1 aliphatic heterocycles. The van der Waals surface area contributed by atoms with Crippen LogP contribution in [0.25, 0.3) is 0 Å². The first-order valence-corrected chi connectivity index (χ1v) is 5.35. The molecule has 1 aliphatic rings. The van der Waals surface area contributed by atoms with Gasteiger partial charge in [-0.05, 0) is 20.8 Å². The average Bonchev–Trinajstić information content (AvgIpc) is 2.58. The molecule has 2 atom stereocenters. The Kier molecular flexibility index (Phi) is 3.91. The first-order chi connectivity index (χ1) is 7.37. The summed E-state index contributed by atoms with van der Waals surface area (Å²) < 4.78 is 10.4. The van der Waals surface area contributed by atoms with E-state index >= 15 is 0 Å². The van der Waals surface area contributed by atoms with E-state index in [0.29, 0.717) is 13.0 Å². The molecular formula is C11H19NO4. The van der Waals surface area contributed by atoms with E-state index in [1.165, 1.54) is 4.90 Å². The van der Waals surface area contributed by atoms with Crippen LogP contribution in [0, 0.1) is 0 Å². The van der Waals surface area contributed by atoms with Gasteiger partial charge in [0, 0.05) is 13.5 Å². The molecule has 5 nitrogen and oxygen atoms in total. The summed E-state index contributed by atoms with van der Waals surface area (Å²) in [5, 5.41) is 0. The highest BCUT2D eigenvalue weighted by Gasteiger charge is 2.37. The highest BCUT2D eigenvalue weighted by Crippen LogP contribution is 2.21. The molecule has 1 heterocycles. The van der Waals surface area contributed by atoms with Gasteiger partial charge in [0.1, 0.15) is 11.9 Å². The van der Waals surface area contributed by atoms with Crippen LogP contribution in [-0.2, 0) is 14.3 Å². The second-order valence-corrected chi connectivity index (χ2v) is 4.93. The third-order valence-electron chi connectivity index (χ3n) is 2.42. The maximum atomic E-state index is 11.8. The predicted octanol–water partition coefficient (Wildman–Crippen LogP) is 1.21. The van der Waals surface area contributed by atoms with Crippen LogP contribution < -0.4 is 0 Å². The molecule has 0 saturated carbocycles. The lowest BCUT2D eigenvalue weighted by molar-refractivity contribution is -0.111. The minimum Gasteiger partial charge on any atom is -0.444 e. The number of nitrogens with zero attached hydrogens (tertiary/aromatic N) is 1. The van der Waals surface area contributed by atoms with Crippen LogP contribution in [0.2, 0.25) is 0 Å². The number of likely N-dealkylation sites (tertiary alicyclic amines) is 1. The van der Waals surface area contributed by atoms with Crippen LogP contribution in [-0.4, -0.2) is 48.7 Å². The number of hydrogen-bond donors (Lipinski definition) is 0. The SMILES string of the molecule is CO[C@@H]1C[C@H](C=O)N(C(=O)OC(C)(C)C)C1. The fraction of sp³-hybridized carbons (Fsp3) is 0.818. The van der Waals surface area contributed by atoms with E-state index in [1.807, 2.05) is 0 Å². The number of methoxy groups -OCH3 is 1. The number of rotatable bonds is 2. The molecule has 1 saturated heterocycles. The first kappa shape index (κ1) is 13.0. The number of aldehydes is 1. The Balaban J connectivity index is 2.64. The lowest BCUT2D eigenvalue weighted by Gasteiger charge is -2.26. The van der Waals surface area contributed by atoms with Crippen molar-refractivity contribution in [2.45, 2.75) is 44.9 Å². The molecular weight excluding hydrogens is 210 g/mol. The Hall–Kier alpha value is -1.10. The van der Waals surface area contributed by atoms with Gasteiger partial charge in [0.05, 0.1) is 18.7 Å². The van der Waals surface area contributed by atoms with Crippen molar-refractivity contribution in [1.29, 1.82) is 0 Å². The number of hydrogen-bond acceptors (Lipinski definition) is 4. The van der Waals surface area contributed by atoms with Crippen LogP contribution in [0.5, 0.6) is 0 Å². The number of carbonyl (C=O) groups excluding carboxylic acids is 2. The lowest BCUT2D eigenvalue weighted by Crippen LogP contribution is -2.40. The molecule has 1 fully saturated rings. The number of ether oxygens (including phenoxy) is 2. The van der Waals surface area contributed by atoms with Crippen molar-refractivity contribution in [3.63, 3.8) is 0 Å². The van der Waals surface area contributed by atoms with Crippen molar-refractivity contribution in [3.05, 3.63) is 0 Å². The van der Waals surface area contributed by atoms with Crippen molar-refractivity contribution >= 4 is 12.4 Å². The quantitative estimate of drug-likeness (QED) is 0.668. The molecule has 0 aromatic heterocycles. The maximum absolute atomic E-state index is 11.8. The zero-order valence-corrected chi connectivity index (χ0v) is 10.2. The molecule has 92 valence electrons. The van der Waals surface area contributed by atoms with Gasteiger partial charge in [-0.1, -0.05) is 0 Å². The van der Waals surface area contributed by atoms with E-state index in [0.717, 1.165) is 6.29 Å². The Morgan fingerprint density at radius 3 is 2.50 bits per heavy atom. The molecule has 0 aliphatic carbocycles. The largest absolute Gasteiger partial charge is 0.444 e. The van der Waals surface area contributed by atoms with Gasteiger partial charge in [-0.25, -0.2) is 4.79 Å². The normalized spacial score (nSPS) is 25.6. The topological polar surface area (TPSA) is 55.8 Å². The molecule has 0 aromatic rings. The monoisotopic (exact) mass is 229 g/mol. The average molecular weight is 229 g/mol. The molecule has 0 unspecified atom stereocenters. The highest BCUT2D eigenvalue weighted by molar-refractivity contribution is 5.74. The van der Waals surface area contributed by atoms with Crippen molar-refractivity contribution in [3.8, 4) is 0 Å². The van der Waals surface area contributed by atoms with E-state index in [9.17, 15) is 9.59 Å². The van der Waals surface area contributed by atoms with Crippen molar-refractivity contribution < 1.29 is 19.1 Å². The van der Waals surface area contributed by atoms with E-state index < -0.39 is 17.7 Å². The summed E-state index contributed by atoms with van der Waals surface area (Å²) in [4.78, 5) is 24.0. The Morgan fingerprint density at radius 1 is 1.44 bits per heavy atom. The molecule has 1 rings (SSSR count). The van der Waals surface area contributed by atoms with Crippen molar-refractivity contribution in [1.82, 2.24) is 4.90 Å². The summed E-state index contributed by atoms with van der Waals surface area (Å²) in [6, 6.07) is -0.431. The molecule has 1 amide bonds. The predicted molar refractivity (Wildman–Crippen MR) is 58.2 cm³/mol. The fourth-order valence-corrected chi connectivity index (χ4v) is 1.66. The lowest BCUT2D eigenvalue weighted by atomic mass is 10.2. The summed E-state index contributed by atoms with van der Waals surface area (Å²) in [6.45, 7) is 5.80. The standard InChI is InChI=1S/C11H19NO4/c1-11(2,3)16-10(14)12-6-9(15-4)5-8(12)7-13/h7-9H,5-6H2,1-4H3/t8-,9-/m1/s1. The third kappa shape index (κ3) is 3.20. The fourth-order valence-electron chi connectivity index (χ4n) is 1.66. The molecule has 0 N–H and O–H groups in total. The zero-order valence-electron chi connectivity index (χ0n) is 10.2. The molecule has 16 heavy (non-hydrogen) atoms. The van der Waals surface area contributed by atoms with Gasteiger partial charge in [0.25, 0.3) is 0 Å². The van der Waals surface area contributed by atoms with Crippen molar-refractivity contribution in [2.24, 2.45) is 0 Å². The second kappa shape index (κ2) is 4.82. The maximum Gasteiger partial charge on any atom is 0.410 e. The van der Waals surface area contributed by atoms with E-state index in [4.69, 9.17) is 9.47 Å².